The third-order valence-electron chi connectivity index (χ3n) is 4.37. The number of nitrogens with one attached hydrogen (secondary N) is 1. The van der Waals surface area contributed by atoms with Crippen molar-refractivity contribution in [1.82, 2.24) is 10.2 Å². The van der Waals surface area contributed by atoms with E-state index in [4.69, 9.17) is 4.74 Å². The number of ether oxygens (including phenoxy) is 1. The molecular formula is C17H28N2O2. The van der Waals surface area contributed by atoms with Crippen LogP contribution in [0.15, 0.2) is 18.2 Å². The van der Waals surface area contributed by atoms with E-state index in [-0.39, 0.29) is 0 Å². The Morgan fingerprint density at radius 2 is 2.29 bits per heavy atom. The van der Waals surface area contributed by atoms with Gasteiger partial charge in [-0.3, -0.25) is 4.90 Å². The van der Waals surface area contributed by atoms with E-state index in [2.05, 4.69) is 17.1 Å². The maximum absolute atomic E-state index is 10.4. The van der Waals surface area contributed by atoms with Crippen molar-refractivity contribution < 1.29 is 9.84 Å². The van der Waals surface area contributed by atoms with Gasteiger partial charge in [-0.05, 0) is 45.0 Å². The van der Waals surface area contributed by atoms with Crippen molar-refractivity contribution in [2.24, 2.45) is 0 Å². The first-order chi connectivity index (χ1) is 10.2. The Labute approximate surface area is 128 Å². The Kier molecular flexibility index (Phi) is 6.03. The molecule has 1 heterocycles. The van der Waals surface area contributed by atoms with Gasteiger partial charge >= 0.3 is 0 Å². The van der Waals surface area contributed by atoms with E-state index in [0.29, 0.717) is 12.6 Å². The van der Waals surface area contributed by atoms with Crippen molar-refractivity contribution in [3.05, 3.63) is 29.3 Å². The summed E-state index contributed by atoms with van der Waals surface area (Å²) in [5.41, 5.74) is 2.00. The number of aryl methyl sites for hydroxylation is 1. The molecule has 0 aromatic heterocycles. The molecule has 1 aliphatic heterocycles. The van der Waals surface area contributed by atoms with E-state index in [1.807, 2.05) is 25.1 Å². The summed E-state index contributed by atoms with van der Waals surface area (Å²) in [5, 5.41) is 13.8. The zero-order valence-electron chi connectivity index (χ0n) is 13.4. The minimum absolute atomic E-state index is 0.531. The lowest BCUT2D eigenvalue weighted by Crippen LogP contribution is -2.39. The third kappa shape index (κ3) is 4.19. The Balaban J connectivity index is 1.87. The van der Waals surface area contributed by atoms with Gasteiger partial charge in [-0.15, -0.1) is 0 Å². The SMILES string of the molecule is CCN1CCCC1CNCC(O)c1cc(C)ccc1OC. The maximum atomic E-state index is 10.4. The summed E-state index contributed by atoms with van der Waals surface area (Å²) < 4.78 is 5.34. The van der Waals surface area contributed by atoms with Gasteiger partial charge in [0.25, 0.3) is 0 Å². The zero-order valence-corrected chi connectivity index (χ0v) is 13.4. The van der Waals surface area contributed by atoms with E-state index >= 15 is 0 Å². The molecule has 21 heavy (non-hydrogen) atoms. The maximum Gasteiger partial charge on any atom is 0.124 e. The van der Waals surface area contributed by atoms with Gasteiger partial charge in [0.2, 0.25) is 0 Å². The van der Waals surface area contributed by atoms with Crippen LogP contribution in [-0.2, 0) is 0 Å². The Morgan fingerprint density at radius 1 is 1.48 bits per heavy atom. The average Bonchev–Trinajstić information content (AvgIpc) is 2.94. The van der Waals surface area contributed by atoms with Crippen molar-refractivity contribution in [1.29, 1.82) is 0 Å². The highest BCUT2D eigenvalue weighted by atomic mass is 16.5. The standard InChI is InChI=1S/C17H28N2O2/c1-4-19-9-5-6-14(19)11-18-12-16(20)15-10-13(2)7-8-17(15)21-3/h7-8,10,14,16,18,20H,4-6,9,11-12H2,1-3H3. The number of likely N-dealkylation sites (N-methyl/N-ethyl adjacent to an activating group) is 1. The Morgan fingerprint density at radius 3 is 3.00 bits per heavy atom. The van der Waals surface area contributed by atoms with Gasteiger partial charge in [-0.1, -0.05) is 18.6 Å². The van der Waals surface area contributed by atoms with Crippen LogP contribution in [0.5, 0.6) is 5.75 Å². The van der Waals surface area contributed by atoms with Crippen LogP contribution in [0.1, 0.15) is 37.0 Å². The smallest absolute Gasteiger partial charge is 0.124 e. The normalized spacial score (nSPS) is 20.7. The second-order valence-electron chi connectivity index (χ2n) is 5.84. The lowest BCUT2D eigenvalue weighted by Gasteiger charge is -2.24. The molecule has 2 atom stereocenters. The molecule has 2 N–H and O–H groups in total. The van der Waals surface area contributed by atoms with E-state index in [9.17, 15) is 5.11 Å². The summed E-state index contributed by atoms with van der Waals surface area (Å²) in [6.07, 6.45) is 2.01. The number of nitrogens with zero attached hydrogens (tertiary/aromatic N) is 1. The fourth-order valence-corrected chi connectivity index (χ4v) is 3.15. The molecule has 1 aromatic carbocycles. The van der Waals surface area contributed by atoms with E-state index in [1.165, 1.54) is 19.4 Å². The number of hydrogen-bond acceptors (Lipinski definition) is 4. The Bertz CT molecular complexity index is 450. The minimum Gasteiger partial charge on any atom is -0.496 e. The van der Waals surface area contributed by atoms with Crippen LogP contribution in [0.25, 0.3) is 0 Å². The van der Waals surface area contributed by atoms with Crippen molar-refractivity contribution >= 4 is 0 Å². The number of aliphatic hydroxyl groups excluding tert-OH is 1. The first-order valence-corrected chi connectivity index (χ1v) is 7.93. The van der Waals surface area contributed by atoms with Crippen LogP contribution in [0.3, 0.4) is 0 Å². The topological polar surface area (TPSA) is 44.7 Å². The summed E-state index contributed by atoms with van der Waals surface area (Å²) in [6.45, 7) is 8.07. The van der Waals surface area contributed by atoms with Crippen LogP contribution in [0.4, 0.5) is 0 Å². The lowest BCUT2D eigenvalue weighted by molar-refractivity contribution is 0.164. The van der Waals surface area contributed by atoms with Gasteiger partial charge in [-0.25, -0.2) is 0 Å². The van der Waals surface area contributed by atoms with Gasteiger partial charge < -0.3 is 15.2 Å². The number of benzene rings is 1. The summed E-state index contributed by atoms with van der Waals surface area (Å²) in [7, 11) is 1.64. The van der Waals surface area contributed by atoms with Crippen LogP contribution >= 0.6 is 0 Å². The average molecular weight is 292 g/mol. The lowest BCUT2D eigenvalue weighted by atomic mass is 10.0. The molecule has 0 radical (unpaired) electrons. The van der Waals surface area contributed by atoms with E-state index in [0.717, 1.165) is 30.0 Å². The van der Waals surface area contributed by atoms with E-state index in [1.54, 1.807) is 7.11 Å². The molecule has 1 aliphatic rings. The quantitative estimate of drug-likeness (QED) is 0.808. The van der Waals surface area contributed by atoms with Gasteiger partial charge in [-0.2, -0.15) is 0 Å². The van der Waals surface area contributed by atoms with Crippen molar-refractivity contribution in [2.45, 2.75) is 38.8 Å². The highest BCUT2D eigenvalue weighted by molar-refractivity contribution is 5.38. The predicted molar refractivity (Wildman–Crippen MR) is 85.8 cm³/mol. The van der Waals surface area contributed by atoms with E-state index < -0.39 is 6.10 Å². The molecule has 1 aromatic rings. The highest BCUT2D eigenvalue weighted by Crippen LogP contribution is 2.26. The first kappa shape index (κ1) is 16.3. The molecule has 0 saturated carbocycles. The van der Waals surface area contributed by atoms with Crippen LogP contribution in [0, 0.1) is 6.92 Å². The molecule has 4 heteroatoms. The molecule has 0 amide bonds. The van der Waals surface area contributed by atoms with Crippen LogP contribution < -0.4 is 10.1 Å². The van der Waals surface area contributed by atoms with Crippen molar-refractivity contribution in [3.8, 4) is 5.75 Å². The zero-order chi connectivity index (χ0) is 15.2. The molecule has 0 bridgehead atoms. The fraction of sp³-hybridized carbons (Fsp3) is 0.647. The number of likely N-dealkylation sites (tertiary alicyclic amines) is 1. The predicted octanol–water partition coefficient (Wildman–Crippen LogP) is 2.11. The molecule has 1 fully saturated rings. The van der Waals surface area contributed by atoms with Gasteiger partial charge in [0.1, 0.15) is 5.75 Å². The largest absolute Gasteiger partial charge is 0.496 e. The second kappa shape index (κ2) is 7.78. The summed E-state index contributed by atoms with van der Waals surface area (Å²) >= 11 is 0. The van der Waals surface area contributed by atoms with Gasteiger partial charge in [0.05, 0.1) is 13.2 Å². The fourth-order valence-electron chi connectivity index (χ4n) is 3.15. The van der Waals surface area contributed by atoms with Gasteiger partial charge in [0.15, 0.2) is 0 Å². The number of methoxy groups -OCH3 is 1. The summed E-state index contributed by atoms with van der Waals surface area (Å²) in [5.74, 6) is 0.756. The first-order valence-electron chi connectivity index (χ1n) is 7.93. The molecular weight excluding hydrogens is 264 g/mol. The monoisotopic (exact) mass is 292 g/mol. The Hall–Kier alpha value is -1.10. The number of rotatable bonds is 7. The second-order valence-corrected chi connectivity index (χ2v) is 5.84. The number of aliphatic hydroxyl groups is 1. The molecule has 0 aliphatic carbocycles. The minimum atomic E-state index is -0.531. The van der Waals surface area contributed by atoms with Crippen LogP contribution in [-0.4, -0.2) is 49.3 Å². The van der Waals surface area contributed by atoms with Crippen molar-refractivity contribution in [2.75, 3.05) is 33.3 Å². The molecule has 118 valence electrons. The molecule has 2 rings (SSSR count). The molecule has 4 nitrogen and oxygen atoms in total. The van der Waals surface area contributed by atoms with Gasteiger partial charge in [0, 0.05) is 24.7 Å². The molecule has 1 saturated heterocycles. The summed E-state index contributed by atoms with van der Waals surface area (Å²) in [6, 6.07) is 6.53. The third-order valence-corrected chi connectivity index (χ3v) is 4.37. The van der Waals surface area contributed by atoms with Crippen LogP contribution in [0.2, 0.25) is 0 Å². The molecule has 0 spiro atoms. The molecule has 2 unspecified atom stereocenters. The highest BCUT2D eigenvalue weighted by Gasteiger charge is 2.22. The summed E-state index contributed by atoms with van der Waals surface area (Å²) in [4.78, 5) is 2.51. The van der Waals surface area contributed by atoms with Crippen molar-refractivity contribution in [3.63, 3.8) is 0 Å². The number of hydrogen-bond donors (Lipinski definition) is 2.